The van der Waals surface area contributed by atoms with Crippen LogP contribution in [0.15, 0.2) is 48.9 Å². The average molecular weight is 266 g/mol. The Labute approximate surface area is 116 Å². The lowest BCUT2D eigenvalue weighted by Gasteiger charge is -2.08. The molecule has 2 aromatic heterocycles. The normalized spacial score (nSPS) is 10.4. The van der Waals surface area contributed by atoms with Gasteiger partial charge < -0.3 is 10.1 Å². The molecule has 1 N–H and O–H groups in total. The summed E-state index contributed by atoms with van der Waals surface area (Å²) in [4.78, 5) is 12.6. The van der Waals surface area contributed by atoms with E-state index in [1.54, 1.807) is 6.20 Å². The van der Waals surface area contributed by atoms with Crippen LogP contribution in [0.3, 0.4) is 0 Å². The lowest BCUT2D eigenvalue weighted by Crippen LogP contribution is -1.97. The summed E-state index contributed by atoms with van der Waals surface area (Å²) >= 11 is 0. The van der Waals surface area contributed by atoms with Gasteiger partial charge in [0.1, 0.15) is 17.9 Å². The molecule has 100 valence electrons. The highest BCUT2D eigenvalue weighted by Crippen LogP contribution is 2.23. The third-order valence-electron chi connectivity index (χ3n) is 2.84. The Bertz CT molecular complexity index is 707. The molecule has 0 saturated heterocycles. The van der Waals surface area contributed by atoms with Gasteiger partial charge in [0.25, 0.3) is 0 Å². The number of nitrogens with one attached hydrogen (secondary N) is 1. The molecule has 0 unspecified atom stereocenters. The number of hydrogen-bond acceptors (Lipinski definition) is 5. The molecule has 2 heterocycles. The maximum absolute atomic E-state index is 5.42. The quantitative estimate of drug-likeness (QED) is 0.786. The summed E-state index contributed by atoms with van der Waals surface area (Å²) in [5, 5.41) is 4.16. The number of benzene rings is 1. The van der Waals surface area contributed by atoms with Crippen molar-refractivity contribution in [2.45, 2.75) is 6.92 Å². The lowest BCUT2D eigenvalue weighted by molar-refractivity contribution is 0.340. The second-order valence-corrected chi connectivity index (χ2v) is 4.18. The van der Waals surface area contributed by atoms with Crippen molar-refractivity contribution in [2.24, 2.45) is 0 Å². The fourth-order valence-electron chi connectivity index (χ4n) is 1.93. The van der Waals surface area contributed by atoms with E-state index in [0.717, 1.165) is 22.6 Å². The first-order chi connectivity index (χ1) is 9.86. The summed E-state index contributed by atoms with van der Waals surface area (Å²) in [6.07, 6.45) is 3.22. The second-order valence-electron chi connectivity index (χ2n) is 4.18. The molecule has 0 bridgehead atoms. The Morgan fingerprint density at radius 2 is 1.90 bits per heavy atom. The number of aromatic nitrogens is 3. The van der Waals surface area contributed by atoms with Crippen molar-refractivity contribution >= 4 is 22.5 Å². The number of fused-ring (bicyclic) bond motifs is 1. The molecule has 0 aliphatic carbocycles. The highest BCUT2D eigenvalue weighted by Gasteiger charge is 2.04. The molecule has 3 aromatic rings. The monoisotopic (exact) mass is 266 g/mol. The zero-order valence-corrected chi connectivity index (χ0v) is 11.1. The van der Waals surface area contributed by atoms with Gasteiger partial charge in [-0.1, -0.05) is 0 Å². The fourth-order valence-corrected chi connectivity index (χ4v) is 1.93. The van der Waals surface area contributed by atoms with E-state index in [9.17, 15) is 0 Å². The number of rotatable bonds is 4. The van der Waals surface area contributed by atoms with Crippen molar-refractivity contribution in [1.29, 1.82) is 0 Å². The van der Waals surface area contributed by atoms with Gasteiger partial charge in [-0.15, -0.1) is 0 Å². The Morgan fingerprint density at radius 1 is 1.05 bits per heavy atom. The molecule has 1 aromatic carbocycles. The first-order valence-corrected chi connectivity index (χ1v) is 6.42. The number of anilines is 2. The van der Waals surface area contributed by atoms with Gasteiger partial charge in [0.2, 0.25) is 0 Å². The van der Waals surface area contributed by atoms with Gasteiger partial charge in [-0.3, -0.25) is 0 Å². The molecule has 0 amide bonds. The van der Waals surface area contributed by atoms with Gasteiger partial charge in [-0.05, 0) is 43.3 Å². The Kier molecular flexibility index (Phi) is 3.41. The minimum absolute atomic E-state index is 0.662. The topological polar surface area (TPSA) is 59.9 Å². The molecule has 0 radical (unpaired) electrons. The van der Waals surface area contributed by atoms with Crippen molar-refractivity contribution in [3.63, 3.8) is 0 Å². The van der Waals surface area contributed by atoms with E-state index in [0.29, 0.717) is 12.3 Å². The maximum Gasteiger partial charge on any atom is 0.164 e. The van der Waals surface area contributed by atoms with E-state index >= 15 is 0 Å². The number of ether oxygens (including phenoxy) is 1. The molecule has 5 heteroatoms. The molecule has 0 fully saturated rings. The van der Waals surface area contributed by atoms with Crippen molar-refractivity contribution in [3.8, 4) is 5.75 Å². The summed E-state index contributed by atoms with van der Waals surface area (Å²) in [6.45, 7) is 2.63. The van der Waals surface area contributed by atoms with Crippen LogP contribution in [0.2, 0.25) is 0 Å². The minimum Gasteiger partial charge on any atom is -0.494 e. The molecular weight excluding hydrogens is 252 g/mol. The van der Waals surface area contributed by atoms with Gasteiger partial charge in [0.05, 0.1) is 12.0 Å². The van der Waals surface area contributed by atoms with E-state index in [4.69, 9.17) is 4.74 Å². The number of nitrogens with zero attached hydrogens (tertiary/aromatic N) is 3. The fraction of sp³-hybridized carbons (Fsp3) is 0.133. The predicted molar refractivity (Wildman–Crippen MR) is 78.2 cm³/mol. The molecular formula is C15H14N4O. The Hall–Kier alpha value is -2.69. The zero-order chi connectivity index (χ0) is 13.8. The highest BCUT2D eigenvalue weighted by molar-refractivity contribution is 5.87. The number of pyridine rings is 1. The van der Waals surface area contributed by atoms with E-state index in [1.165, 1.54) is 6.33 Å². The average Bonchev–Trinajstić information content (AvgIpc) is 2.50. The molecule has 0 aliphatic rings. The van der Waals surface area contributed by atoms with E-state index < -0.39 is 0 Å². The summed E-state index contributed by atoms with van der Waals surface area (Å²) in [5.74, 6) is 1.60. The van der Waals surface area contributed by atoms with Crippen LogP contribution in [0.1, 0.15) is 6.92 Å². The predicted octanol–water partition coefficient (Wildman–Crippen LogP) is 3.17. The van der Waals surface area contributed by atoms with Gasteiger partial charge >= 0.3 is 0 Å². The second kappa shape index (κ2) is 5.52. The van der Waals surface area contributed by atoms with Crippen LogP contribution in [0.25, 0.3) is 11.0 Å². The van der Waals surface area contributed by atoms with Crippen LogP contribution in [0, 0.1) is 0 Å². The molecule has 0 aliphatic heterocycles. The van der Waals surface area contributed by atoms with Crippen LogP contribution in [0.4, 0.5) is 11.5 Å². The third kappa shape index (κ3) is 2.51. The van der Waals surface area contributed by atoms with Crippen LogP contribution in [-0.4, -0.2) is 21.6 Å². The molecule has 3 rings (SSSR count). The van der Waals surface area contributed by atoms with Crippen molar-refractivity contribution < 1.29 is 4.74 Å². The summed E-state index contributed by atoms with van der Waals surface area (Å²) in [7, 11) is 0. The van der Waals surface area contributed by atoms with E-state index in [1.807, 2.05) is 43.3 Å². The number of hydrogen-bond donors (Lipinski definition) is 1. The maximum atomic E-state index is 5.42. The summed E-state index contributed by atoms with van der Waals surface area (Å²) < 4.78 is 5.42. The van der Waals surface area contributed by atoms with E-state index in [2.05, 4.69) is 20.3 Å². The molecule has 0 atom stereocenters. The first kappa shape index (κ1) is 12.3. The van der Waals surface area contributed by atoms with E-state index in [-0.39, 0.29) is 0 Å². The smallest absolute Gasteiger partial charge is 0.164 e. The zero-order valence-electron chi connectivity index (χ0n) is 11.1. The Morgan fingerprint density at radius 3 is 2.70 bits per heavy atom. The summed E-state index contributed by atoms with van der Waals surface area (Å²) in [5.41, 5.74) is 1.62. The largest absolute Gasteiger partial charge is 0.494 e. The van der Waals surface area contributed by atoms with Gasteiger partial charge in [0.15, 0.2) is 5.65 Å². The van der Waals surface area contributed by atoms with Crippen LogP contribution < -0.4 is 10.1 Å². The van der Waals surface area contributed by atoms with Gasteiger partial charge in [-0.2, -0.15) is 0 Å². The SMILES string of the molecule is CCOc1ccc(Nc2ncnc3ncccc23)cc1. The van der Waals surface area contributed by atoms with Gasteiger partial charge in [0, 0.05) is 11.9 Å². The van der Waals surface area contributed by atoms with Crippen molar-refractivity contribution in [1.82, 2.24) is 15.0 Å². The highest BCUT2D eigenvalue weighted by atomic mass is 16.5. The molecule has 0 spiro atoms. The van der Waals surface area contributed by atoms with Crippen molar-refractivity contribution in [3.05, 3.63) is 48.9 Å². The first-order valence-electron chi connectivity index (χ1n) is 6.42. The summed E-state index contributed by atoms with van der Waals surface area (Å²) in [6, 6.07) is 11.6. The molecule has 20 heavy (non-hydrogen) atoms. The molecule has 5 nitrogen and oxygen atoms in total. The van der Waals surface area contributed by atoms with Crippen LogP contribution >= 0.6 is 0 Å². The third-order valence-corrected chi connectivity index (χ3v) is 2.84. The van der Waals surface area contributed by atoms with Crippen molar-refractivity contribution in [2.75, 3.05) is 11.9 Å². The van der Waals surface area contributed by atoms with Gasteiger partial charge in [-0.25, -0.2) is 15.0 Å². The van der Waals surface area contributed by atoms with Crippen LogP contribution in [0.5, 0.6) is 5.75 Å². The Balaban J connectivity index is 1.89. The standard InChI is InChI=1S/C15H14N4O/c1-2-20-12-7-5-11(6-8-12)19-15-13-4-3-9-16-14(13)17-10-18-15/h3-10H,2H2,1H3,(H,16,17,18,19). The molecule has 0 saturated carbocycles. The lowest BCUT2D eigenvalue weighted by atomic mass is 10.2. The minimum atomic E-state index is 0.662. The van der Waals surface area contributed by atoms with Crippen LogP contribution in [-0.2, 0) is 0 Å².